The number of hydrogen-bond acceptors (Lipinski definition) is 3. The number of carboxylic acids is 1. The maximum Gasteiger partial charge on any atom is 0.333 e. The lowest BCUT2D eigenvalue weighted by atomic mass is 10.2. The first-order valence-corrected chi connectivity index (χ1v) is 3.20. The maximum absolute atomic E-state index is 10.2. The second kappa shape index (κ2) is 3.08. The number of carboxylic acid groups (broad SMARTS) is 1. The third kappa shape index (κ3) is 2.72. The van der Waals surface area contributed by atoms with Gasteiger partial charge in [0.2, 0.25) is 0 Å². The molecule has 0 radical (unpaired) electrons. The zero-order valence-corrected chi connectivity index (χ0v) is 6.19. The third-order valence-electron chi connectivity index (χ3n) is 1.00. The van der Waals surface area contributed by atoms with E-state index in [1.165, 1.54) is 0 Å². The summed E-state index contributed by atoms with van der Waals surface area (Å²) in [7, 11) is 0. The van der Waals surface area contributed by atoms with Crippen molar-refractivity contribution in [3.63, 3.8) is 0 Å². The number of hydrogen-bond donors (Lipinski definition) is 3. The van der Waals surface area contributed by atoms with Crippen LogP contribution in [0, 0.1) is 0 Å². The zero-order chi connectivity index (χ0) is 7.49. The van der Waals surface area contributed by atoms with Crippen molar-refractivity contribution in [1.29, 1.82) is 0 Å². The minimum Gasteiger partial charge on any atom is -0.479 e. The van der Waals surface area contributed by atoms with Crippen molar-refractivity contribution in [2.24, 2.45) is 5.73 Å². The van der Waals surface area contributed by atoms with Crippen LogP contribution in [0.25, 0.3) is 0 Å². The Morgan fingerprint density at radius 1 is 1.89 bits per heavy atom. The van der Waals surface area contributed by atoms with E-state index in [9.17, 15) is 4.79 Å². The van der Waals surface area contributed by atoms with Crippen LogP contribution in [0.5, 0.6) is 0 Å². The van der Waals surface area contributed by atoms with Crippen LogP contribution in [0.15, 0.2) is 0 Å². The lowest BCUT2D eigenvalue weighted by molar-refractivity contribution is -0.139. The first-order valence-electron chi connectivity index (χ1n) is 2.75. The summed E-state index contributed by atoms with van der Waals surface area (Å²) in [4.78, 5) is 8.87. The van der Waals surface area contributed by atoms with Gasteiger partial charge in [-0.2, -0.15) is 0 Å². The van der Waals surface area contributed by atoms with Gasteiger partial charge in [0.25, 0.3) is 0 Å². The Bertz CT molecular complexity index is 114. The number of nitrogens with two attached hydrogens (primary N) is 1. The Hall–Kier alpha value is -0.220. The molecule has 0 bridgehead atoms. The molecule has 0 heterocycles. The molecule has 0 unspecified atom stereocenters. The van der Waals surface area contributed by atoms with E-state index in [0.717, 1.165) is 6.42 Å². The summed E-state index contributed by atoms with van der Waals surface area (Å²) < 4.78 is 0. The quantitative estimate of drug-likeness (QED) is 0.403. The van der Waals surface area contributed by atoms with Crippen molar-refractivity contribution in [2.75, 3.05) is 0 Å². The highest BCUT2D eigenvalue weighted by Gasteiger charge is 2.27. The van der Waals surface area contributed by atoms with E-state index in [4.69, 9.17) is 10.8 Å². The molecule has 0 aromatic carbocycles. The molecule has 54 valence electrons. The molecule has 9 heavy (non-hydrogen) atoms. The van der Waals surface area contributed by atoms with Crippen molar-refractivity contribution in [3.05, 3.63) is 0 Å². The largest absolute Gasteiger partial charge is 0.479 e. The fraction of sp³-hybridized carbons (Fsp3) is 0.800. The van der Waals surface area contributed by atoms with Gasteiger partial charge in [-0.3, -0.25) is 0 Å². The molecule has 4 heteroatoms. The van der Waals surface area contributed by atoms with Crippen LogP contribution in [0.2, 0.25) is 0 Å². The van der Waals surface area contributed by atoms with Gasteiger partial charge < -0.3 is 10.8 Å². The van der Waals surface area contributed by atoms with Crippen LogP contribution < -0.4 is 5.73 Å². The van der Waals surface area contributed by atoms with E-state index in [0.29, 0.717) is 6.42 Å². The molecule has 0 aliphatic heterocycles. The Kier molecular flexibility index (Phi) is 3.00. The Morgan fingerprint density at radius 3 is 2.44 bits per heavy atom. The van der Waals surface area contributed by atoms with Crippen molar-refractivity contribution in [2.45, 2.75) is 24.6 Å². The summed E-state index contributed by atoms with van der Waals surface area (Å²) in [5.74, 6) is -1.06. The minimum atomic E-state index is -1.34. The molecule has 0 aliphatic carbocycles. The summed E-state index contributed by atoms with van der Waals surface area (Å²) in [5.41, 5.74) is 5.23. The molecule has 0 aromatic rings. The first-order chi connectivity index (χ1) is 4.00. The minimum absolute atomic E-state index is 0.394. The van der Waals surface area contributed by atoms with Crippen LogP contribution >= 0.6 is 12.6 Å². The van der Waals surface area contributed by atoms with E-state index in [1.54, 1.807) is 0 Å². The fourth-order valence-electron chi connectivity index (χ4n) is 0.488. The molecule has 0 aliphatic rings. The van der Waals surface area contributed by atoms with E-state index in [2.05, 4.69) is 12.6 Å². The fourth-order valence-corrected chi connectivity index (χ4v) is 0.712. The van der Waals surface area contributed by atoms with Gasteiger partial charge in [-0.15, -0.1) is 12.6 Å². The molecule has 0 saturated heterocycles. The summed E-state index contributed by atoms with van der Waals surface area (Å²) in [6.45, 7) is 1.86. The predicted molar refractivity (Wildman–Crippen MR) is 38.4 cm³/mol. The lowest BCUT2D eigenvalue weighted by Crippen LogP contribution is -2.41. The summed E-state index contributed by atoms with van der Waals surface area (Å²) in [5, 5.41) is 8.37. The van der Waals surface area contributed by atoms with Crippen molar-refractivity contribution in [3.8, 4) is 0 Å². The number of carbonyl (C=O) groups is 1. The summed E-state index contributed by atoms with van der Waals surface area (Å²) in [6, 6.07) is 0. The van der Waals surface area contributed by atoms with E-state index in [-0.39, 0.29) is 0 Å². The molecule has 0 amide bonds. The Morgan fingerprint density at radius 2 is 2.33 bits per heavy atom. The standard InChI is InChI=1S/C5H11NO2S/c1-2-3-5(6,9)4(7)8/h9H,2-3,6H2,1H3,(H,7,8)/t5-/m0/s1. The highest BCUT2D eigenvalue weighted by atomic mass is 32.1. The van der Waals surface area contributed by atoms with Gasteiger partial charge in [-0.05, 0) is 6.42 Å². The molecule has 3 nitrogen and oxygen atoms in total. The van der Waals surface area contributed by atoms with E-state index >= 15 is 0 Å². The molecular weight excluding hydrogens is 138 g/mol. The molecular formula is C5H11NO2S. The molecule has 0 saturated carbocycles. The monoisotopic (exact) mass is 149 g/mol. The summed E-state index contributed by atoms with van der Waals surface area (Å²) in [6.07, 6.45) is 1.12. The maximum atomic E-state index is 10.2. The first kappa shape index (κ1) is 8.78. The van der Waals surface area contributed by atoms with Gasteiger partial charge in [0.1, 0.15) is 0 Å². The van der Waals surface area contributed by atoms with Crippen molar-refractivity contribution < 1.29 is 9.90 Å². The van der Waals surface area contributed by atoms with Crippen LogP contribution in [0.1, 0.15) is 19.8 Å². The zero-order valence-electron chi connectivity index (χ0n) is 5.29. The Balaban J connectivity index is 3.85. The number of rotatable bonds is 3. The second-order valence-electron chi connectivity index (χ2n) is 1.98. The molecule has 0 rings (SSSR count). The smallest absolute Gasteiger partial charge is 0.333 e. The van der Waals surface area contributed by atoms with E-state index < -0.39 is 10.8 Å². The van der Waals surface area contributed by atoms with Crippen LogP contribution in [0.4, 0.5) is 0 Å². The van der Waals surface area contributed by atoms with Gasteiger partial charge in [0, 0.05) is 0 Å². The Labute approximate surface area is 59.6 Å². The average Bonchev–Trinajstić information content (AvgIpc) is 1.65. The van der Waals surface area contributed by atoms with Crippen molar-refractivity contribution in [1.82, 2.24) is 0 Å². The SMILES string of the molecule is CCC[C@](N)(S)C(=O)O. The predicted octanol–water partition coefficient (Wildman–Crippen LogP) is 0.456. The highest BCUT2D eigenvalue weighted by Crippen LogP contribution is 2.13. The highest BCUT2D eigenvalue weighted by molar-refractivity contribution is 7.82. The lowest BCUT2D eigenvalue weighted by Gasteiger charge is -2.15. The summed E-state index contributed by atoms with van der Waals surface area (Å²) >= 11 is 3.74. The van der Waals surface area contributed by atoms with Crippen LogP contribution in [-0.4, -0.2) is 15.9 Å². The van der Waals surface area contributed by atoms with Gasteiger partial charge in [0.05, 0.1) is 0 Å². The normalized spacial score (nSPS) is 16.8. The molecule has 0 fully saturated rings. The third-order valence-corrected chi connectivity index (χ3v) is 1.42. The number of aliphatic carboxylic acids is 1. The van der Waals surface area contributed by atoms with E-state index in [1.807, 2.05) is 6.92 Å². The van der Waals surface area contributed by atoms with Gasteiger partial charge in [0.15, 0.2) is 4.87 Å². The van der Waals surface area contributed by atoms with Gasteiger partial charge >= 0.3 is 5.97 Å². The average molecular weight is 149 g/mol. The van der Waals surface area contributed by atoms with Gasteiger partial charge in [-0.25, -0.2) is 4.79 Å². The topological polar surface area (TPSA) is 63.3 Å². The molecule has 3 N–H and O–H groups in total. The molecule has 0 spiro atoms. The van der Waals surface area contributed by atoms with Gasteiger partial charge in [-0.1, -0.05) is 13.3 Å². The van der Waals surface area contributed by atoms with Crippen molar-refractivity contribution >= 4 is 18.6 Å². The van der Waals surface area contributed by atoms with Crippen LogP contribution in [-0.2, 0) is 4.79 Å². The molecule has 0 aromatic heterocycles. The van der Waals surface area contributed by atoms with Crippen LogP contribution in [0.3, 0.4) is 0 Å². The molecule has 1 atom stereocenters. The number of thiol groups is 1. The second-order valence-corrected chi connectivity index (χ2v) is 2.78.